The zero-order chi connectivity index (χ0) is 23.6. The van der Waals surface area contributed by atoms with Gasteiger partial charge in [-0.15, -0.1) is 0 Å². The quantitative estimate of drug-likeness (QED) is 0.567. The highest BCUT2D eigenvalue weighted by atomic mass is 16.5. The minimum Gasteiger partial charge on any atom is -0.493 e. The number of fused-ring (bicyclic) bond motifs is 1. The van der Waals surface area contributed by atoms with E-state index in [2.05, 4.69) is 23.3 Å². The molecule has 33 heavy (non-hydrogen) atoms. The first-order chi connectivity index (χ1) is 16.0. The van der Waals surface area contributed by atoms with Gasteiger partial charge in [0, 0.05) is 30.1 Å². The average molecular weight is 450 g/mol. The Hall–Kier alpha value is -3.78. The molecule has 1 aromatic heterocycles. The summed E-state index contributed by atoms with van der Waals surface area (Å²) in [4.78, 5) is 12.1. The standard InChI is InChI=1S/C25H27N3O5/c1-30-15-28-19-14-25(16-8-6-5-7-9-16,13-12-17(19)21(27-28)24(26)29)18-10-11-20(31-2)23(33-4)22(18)32-3/h5-13H,14-15H2,1-4H3,(H2,26,29). The molecule has 1 aliphatic carbocycles. The number of methoxy groups -OCH3 is 4. The van der Waals surface area contributed by atoms with Gasteiger partial charge in [-0.2, -0.15) is 5.10 Å². The van der Waals surface area contributed by atoms with Crippen molar-refractivity contribution in [2.75, 3.05) is 28.4 Å². The lowest BCUT2D eigenvalue weighted by Crippen LogP contribution is -2.32. The zero-order valence-corrected chi connectivity index (χ0v) is 19.1. The topological polar surface area (TPSA) is 97.8 Å². The van der Waals surface area contributed by atoms with E-state index in [4.69, 9.17) is 24.7 Å². The number of primary amides is 1. The molecule has 0 saturated carbocycles. The molecule has 1 heterocycles. The van der Waals surface area contributed by atoms with Gasteiger partial charge in [0.05, 0.1) is 27.0 Å². The third-order valence-electron chi connectivity index (χ3n) is 6.04. The smallest absolute Gasteiger partial charge is 0.269 e. The van der Waals surface area contributed by atoms with Gasteiger partial charge in [0.25, 0.3) is 5.91 Å². The number of hydrogen-bond donors (Lipinski definition) is 1. The monoisotopic (exact) mass is 449 g/mol. The van der Waals surface area contributed by atoms with E-state index in [9.17, 15) is 4.79 Å². The Balaban J connectivity index is 2.01. The Morgan fingerprint density at radius 2 is 1.76 bits per heavy atom. The molecule has 1 aliphatic rings. The van der Waals surface area contributed by atoms with Crippen molar-refractivity contribution in [3.8, 4) is 17.2 Å². The lowest BCUT2D eigenvalue weighted by Gasteiger charge is -2.36. The van der Waals surface area contributed by atoms with E-state index in [1.807, 2.05) is 36.4 Å². The number of amides is 1. The van der Waals surface area contributed by atoms with Gasteiger partial charge < -0.3 is 24.7 Å². The van der Waals surface area contributed by atoms with Crippen LogP contribution in [-0.4, -0.2) is 44.1 Å². The number of rotatable bonds is 8. The molecular weight excluding hydrogens is 422 g/mol. The molecule has 1 amide bonds. The summed E-state index contributed by atoms with van der Waals surface area (Å²) >= 11 is 0. The number of benzene rings is 2. The van der Waals surface area contributed by atoms with Crippen molar-refractivity contribution >= 4 is 12.0 Å². The van der Waals surface area contributed by atoms with E-state index in [1.54, 1.807) is 33.1 Å². The molecule has 1 unspecified atom stereocenters. The third kappa shape index (κ3) is 3.62. The van der Waals surface area contributed by atoms with Crippen LogP contribution in [0.3, 0.4) is 0 Å². The second kappa shape index (κ2) is 8.99. The van der Waals surface area contributed by atoms with E-state index >= 15 is 0 Å². The fourth-order valence-electron chi connectivity index (χ4n) is 4.56. The predicted molar refractivity (Wildman–Crippen MR) is 124 cm³/mol. The number of aromatic nitrogens is 2. The first kappa shape index (κ1) is 22.4. The highest BCUT2D eigenvalue weighted by Crippen LogP contribution is 2.50. The summed E-state index contributed by atoms with van der Waals surface area (Å²) in [6.07, 6.45) is 4.47. The Kier molecular flexibility index (Phi) is 6.11. The number of carbonyl (C=O) groups is 1. The predicted octanol–water partition coefficient (Wildman–Crippen LogP) is 3.17. The lowest BCUT2D eigenvalue weighted by atomic mass is 9.68. The highest BCUT2D eigenvalue weighted by molar-refractivity contribution is 5.95. The van der Waals surface area contributed by atoms with E-state index < -0.39 is 11.3 Å². The molecule has 4 rings (SSSR count). The maximum Gasteiger partial charge on any atom is 0.269 e. The van der Waals surface area contributed by atoms with Crippen LogP contribution in [0.15, 0.2) is 48.5 Å². The summed E-state index contributed by atoms with van der Waals surface area (Å²) < 4.78 is 24.0. The van der Waals surface area contributed by atoms with Crippen molar-refractivity contribution in [1.82, 2.24) is 9.78 Å². The second-order valence-electron chi connectivity index (χ2n) is 7.72. The summed E-state index contributed by atoms with van der Waals surface area (Å²) in [5, 5.41) is 4.43. The van der Waals surface area contributed by atoms with Crippen molar-refractivity contribution in [2.45, 2.75) is 18.6 Å². The largest absolute Gasteiger partial charge is 0.493 e. The van der Waals surface area contributed by atoms with Gasteiger partial charge in [0.15, 0.2) is 17.2 Å². The fraction of sp³-hybridized carbons (Fsp3) is 0.280. The summed E-state index contributed by atoms with van der Waals surface area (Å²) in [7, 11) is 6.36. The molecule has 8 nitrogen and oxygen atoms in total. The Labute approximate surface area is 192 Å². The average Bonchev–Trinajstić information content (AvgIpc) is 3.21. The van der Waals surface area contributed by atoms with Crippen molar-refractivity contribution in [3.05, 3.63) is 76.6 Å². The minimum atomic E-state index is -0.639. The van der Waals surface area contributed by atoms with Gasteiger partial charge in [-0.3, -0.25) is 4.79 Å². The molecule has 8 heteroatoms. The van der Waals surface area contributed by atoms with Crippen LogP contribution in [0.5, 0.6) is 17.2 Å². The minimum absolute atomic E-state index is 0.192. The first-order valence-corrected chi connectivity index (χ1v) is 10.4. The highest BCUT2D eigenvalue weighted by Gasteiger charge is 2.41. The van der Waals surface area contributed by atoms with E-state index in [0.29, 0.717) is 29.2 Å². The van der Waals surface area contributed by atoms with Crippen LogP contribution in [0, 0.1) is 0 Å². The SMILES string of the molecule is COCn1nc(C(N)=O)c2c1CC(c1ccccc1)(c1ccc(OC)c(OC)c1OC)C=C2. The summed E-state index contributed by atoms with van der Waals surface area (Å²) in [6, 6.07) is 13.9. The van der Waals surface area contributed by atoms with E-state index in [0.717, 1.165) is 16.8 Å². The molecule has 3 aromatic rings. The number of carbonyl (C=O) groups excluding carboxylic acids is 1. The van der Waals surface area contributed by atoms with Crippen LogP contribution in [0.25, 0.3) is 6.08 Å². The van der Waals surface area contributed by atoms with Crippen LogP contribution >= 0.6 is 0 Å². The van der Waals surface area contributed by atoms with Gasteiger partial charge in [-0.05, 0) is 11.6 Å². The number of nitrogens with zero attached hydrogens (tertiary/aromatic N) is 2. The molecule has 172 valence electrons. The van der Waals surface area contributed by atoms with Gasteiger partial charge in [0.1, 0.15) is 6.73 Å². The van der Waals surface area contributed by atoms with Gasteiger partial charge in [-0.25, -0.2) is 4.68 Å². The summed E-state index contributed by atoms with van der Waals surface area (Å²) in [5.41, 5.74) is 8.67. The maximum absolute atomic E-state index is 12.1. The molecule has 0 saturated heterocycles. The van der Waals surface area contributed by atoms with Gasteiger partial charge in [0.2, 0.25) is 5.75 Å². The van der Waals surface area contributed by atoms with Crippen LogP contribution in [0.1, 0.15) is 32.9 Å². The molecule has 2 aromatic carbocycles. The number of ether oxygens (including phenoxy) is 4. The molecule has 0 radical (unpaired) electrons. The number of allylic oxidation sites excluding steroid dienone is 1. The van der Waals surface area contributed by atoms with Crippen LogP contribution in [-0.2, 0) is 23.3 Å². The molecular formula is C25H27N3O5. The fourth-order valence-corrected chi connectivity index (χ4v) is 4.56. The Morgan fingerprint density at radius 1 is 1.03 bits per heavy atom. The van der Waals surface area contributed by atoms with Gasteiger partial charge >= 0.3 is 0 Å². The van der Waals surface area contributed by atoms with Crippen molar-refractivity contribution in [2.24, 2.45) is 5.73 Å². The van der Waals surface area contributed by atoms with E-state index in [1.165, 1.54) is 0 Å². The normalized spacial score (nSPS) is 16.8. The van der Waals surface area contributed by atoms with Gasteiger partial charge in [-0.1, -0.05) is 48.6 Å². The molecule has 0 aliphatic heterocycles. The lowest BCUT2D eigenvalue weighted by molar-refractivity contribution is 0.0985. The van der Waals surface area contributed by atoms with Crippen molar-refractivity contribution < 1.29 is 23.7 Å². The van der Waals surface area contributed by atoms with E-state index in [-0.39, 0.29) is 12.4 Å². The molecule has 1 atom stereocenters. The first-order valence-electron chi connectivity index (χ1n) is 10.4. The maximum atomic E-state index is 12.1. The van der Waals surface area contributed by atoms with Crippen LogP contribution < -0.4 is 19.9 Å². The molecule has 0 spiro atoms. The molecule has 2 N–H and O–H groups in total. The number of nitrogens with two attached hydrogens (primary N) is 1. The second-order valence-corrected chi connectivity index (χ2v) is 7.72. The summed E-state index contributed by atoms with van der Waals surface area (Å²) in [5.74, 6) is 1.07. The molecule has 0 fully saturated rings. The van der Waals surface area contributed by atoms with Crippen LogP contribution in [0.2, 0.25) is 0 Å². The summed E-state index contributed by atoms with van der Waals surface area (Å²) in [6.45, 7) is 0.192. The number of hydrogen-bond acceptors (Lipinski definition) is 6. The Bertz CT molecular complexity index is 1200. The zero-order valence-electron chi connectivity index (χ0n) is 19.1. The van der Waals surface area contributed by atoms with Crippen molar-refractivity contribution in [3.63, 3.8) is 0 Å². The third-order valence-corrected chi connectivity index (χ3v) is 6.04. The molecule has 0 bridgehead atoms. The van der Waals surface area contributed by atoms with Crippen molar-refractivity contribution in [1.29, 1.82) is 0 Å². The van der Waals surface area contributed by atoms with Crippen LogP contribution in [0.4, 0.5) is 0 Å². The Morgan fingerprint density at radius 3 is 2.36 bits per heavy atom.